The van der Waals surface area contributed by atoms with Crippen LogP contribution in [-0.4, -0.2) is 15.9 Å². The summed E-state index contributed by atoms with van der Waals surface area (Å²) < 4.78 is 43.4. The molecule has 0 bridgehead atoms. The van der Waals surface area contributed by atoms with Crippen molar-refractivity contribution in [2.24, 2.45) is 5.73 Å². The van der Waals surface area contributed by atoms with Gasteiger partial charge in [-0.2, -0.15) is 0 Å². The maximum absolute atomic E-state index is 14.4. The van der Waals surface area contributed by atoms with Crippen molar-refractivity contribution in [2.75, 3.05) is 0 Å². The van der Waals surface area contributed by atoms with Crippen LogP contribution in [0.4, 0.5) is 13.2 Å². The van der Waals surface area contributed by atoms with Crippen molar-refractivity contribution in [3.63, 3.8) is 0 Å². The maximum atomic E-state index is 14.4. The number of rotatable bonds is 8. The highest BCUT2D eigenvalue weighted by Crippen LogP contribution is 2.31. The van der Waals surface area contributed by atoms with E-state index in [1.807, 2.05) is 18.2 Å². The number of nitrogens with two attached hydrogens (primary N) is 1. The van der Waals surface area contributed by atoms with Crippen LogP contribution < -0.4 is 11.1 Å². The Balaban J connectivity index is 1.53. The van der Waals surface area contributed by atoms with Crippen molar-refractivity contribution >= 4 is 38.4 Å². The number of H-pyrrole nitrogens is 1. The average Bonchev–Trinajstić information content (AvgIpc) is 3.29. The molecule has 0 radical (unpaired) electrons. The lowest BCUT2D eigenvalue weighted by atomic mass is 9.94. The lowest BCUT2D eigenvalue weighted by molar-refractivity contribution is -0.121. The van der Waals surface area contributed by atoms with Gasteiger partial charge in [0.15, 0.2) is 0 Å². The minimum absolute atomic E-state index is 0.0559. The highest BCUT2D eigenvalue weighted by atomic mass is 79.9. The van der Waals surface area contributed by atoms with Gasteiger partial charge in [-0.25, -0.2) is 13.2 Å². The Bertz CT molecular complexity index is 1730. The van der Waals surface area contributed by atoms with Gasteiger partial charge in [0, 0.05) is 50.7 Å². The van der Waals surface area contributed by atoms with Crippen LogP contribution in [0.3, 0.4) is 0 Å². The minimum Gasteiger partial charge on any atom is -0.399 e. The Morgan fingerprint density at radius 1 is 1.05 bits per heavy atom. The molecule has 5 rings (SSSR count). The molecule has 0 aliphatic heterocycles. The van der Waals surface area contributed by atoms with Crippen LogP contribution in [0.1, 0.15) is 28.4 Å². The minimum atomic E-state index is -0.767. The molecule has 202 valence electrons. The molecule has 0 saturated heterocycles. The number of carbonyl (C=O) groups is 1. The summed E-state index contributed by atoms with van der Waals surface area (Å²) in [5.41, 5.74) is 9.65. The van der Waals surface area contributed by atoms with E-state index < -0.39 is 23.5 Å². The summed E-state index contributed by atoms with van der Waals surface area (Å²) >= 11 is 3.46. The number of fused-ring (bicyclic) bond motifs is 1. The summed E-state index contributed by atoms with van der Waals surface area (Å²) in [6, 6.07) is 16.1. The summed E-state index contributed by atoms with van der Waals surface area (Å²) in [4.78, 5) is 21.1. The highest BCUT2D eigenvalue weighted by molar-refractivity contribution is 9.10. The predicted octanol–water partition coefficient (Wildman–Crippen LogP) is 6.98. The molecule has 0 aliphatic rings. The van der Waals surface area contributed by atoms with Gasteiger partial charge in [-0.1, -0.05) is 34.6 Å². The Morgan fingerprint density at radius 3 is 2.58 bits per heavy atom. The number of hydrogen-bond donors (Lipinski definition) is 3. The van der Waals surface area contributed by atoms with E-state index in [2.05, 4.69) is 37.8 Å². The molecule has 0 fully saturated rings. The van der Waals surface area contributed by atoms with E-state index in [0.717, 1.165) is 27.0 Å². The van der Waals surface area contributed by atoms with Gasteiger partial charge in [0.2, 0.25) is 5.91 Å². The monoisotopic (exact) mass is 604 g/mol. The second-order valence-electron chi connectivity index (χ2n) is 9.44. The van der Waals surface area contributed by atoms with Crippen molar-refractivity contribution in [2.45, 2.75) is 18.9 Å². The largest absolute Gasteiger partial charge is 0.399 e. The molecule has 4 N–H and O–H groups in total. The van der Waals surface area contributed by atoms with Crippen molar-refractivity contribution in [1.29, 1.82) is 0 Å². The molecule has 1 amide bonds. The number of pyridine rings is 1. The summed E-state index contributed by atoms with van der Waals surface area (Å²) in [5.74, 6) is -2.28. The zero-order chi connectivity index (χ0) is 28.4. The van der Waals surface area contributed by atoms with E-state index in [1.54, 1.807) is 36.7 Å². The van der Waals surface area contributed by atoms with E-state index in [0.29, 0.717) is 22.4 Å². The normalized spacial score (nSPS) is 11.9. The molecule has 9 heteroatoms. The number of nitrogens with zero attached hydrogens (tertiary/aromatic N) is 1. The molecule has 40 heavy (non-hydrogen) atoms. The summed E-state index contributed by atoms with van der Waals surface area (Å²) in [5, 5.41) is 3.90. The zero-order valence-electron chi connectivity index (χ0n) is 21.1. The Labute approximate surface area is 237 Å². The van der Waals surface area contributed by atoms with Gasteiger partial charge < -0.3 is 16.0 Å². The molecule has 3 aromatic carbocycles. The number of halogens is 4. The van der Waals surface area contributed by atoms with Crippen LogP contribution >= 0.6 is 15.9 Å². The molecule has 0 saturated carbocycles. The van der Waals surface area contributed by atoms with Gasteiger partial charge in [0.1, 0.15) is 17.5 Å². The first-order chi connectivity index (χ1) is 19.2. The van der Waals surface area contributed by atoms with Crippen LogP contribution in [0.15, 0.2) is 90.2 Å². The van der Waals surface area contributed by atoms with Gasteiger partial charge in [-0.3, -0.25) is 9.78 Å². The summed E-state index contributed by atoms with van der Waals surface area (Å²) in [6.07, 6.45) is 3.45. The van der Waals surface area contributed by atoms with Gasteiger partial charge in [-0.05, 0) is 71.6 Å². The predicted molar refractivity (Wildman–Crippen MR) is 154 cm³/mol. The molecule has 0 unspecified atom stereocenters. The number of carbonyl (C=O) groups excluding carboxylic acids is 1. The first-order valence-corrected chi connectivity index (χ1v) is 13.2. The molecule has 0 spiro atoms. The van der Waals surface area contributed by atoms with Crippen molar-refractivity contribution in [3.05, 3.63) is 130 Å². The van der Waals surface area contributed by atoms with E-state index in [4.69, 9.17) is 5.73 Å². The number of hydrogen-bond acceptors (Lipinski definition) is 3. The number of aromatic nitrogens is 2. The third-order valence-electron chi connectivity index (χ3n) is 6.57. The van der Waals surface area contributed by atoms with Crippen LogP contribution in [0.5, 0.6) is 0 Å². The fraction of sp³-hybridized carbons (Fsp3) is 0.0968. The number of benzene rings is 3. The smallest absolute Gasteiger partial charge is 0.225 e. The van der Waals surface area contributed by atoms with Crippen molar-refractivity contribution < 1.29 is 18.0 Å². The molecular formula is C31H24BrF3N4O. The second-order valence-corrected chi connectivity index (χ2v) is 10.4. The lowest BCUT2D eigenvalue weighted by Crippen LogP contribution is -2.32. The van der Waals surface area contributed by atoms with E-state index in [1.165, 1.54) is 18.2 Å². The molecule has 0 aliphatic carbocycles. The Kier molecular flexibility index (Phi) is 7.75. The lowest BCUT2D eigenvalue weighted by Gasteiger charge is -2.22. The van der Waals surface area contributed by atoms with Gasteiger partial charge in [0.05, 0.1) is 18.2 Å². The summed E-state index contributed by atoms with van der Waals surface area (Å²) in [6.45, 7) is 3.64. The van der Waals surface area contributed by atoms with Crippen LogP contribution in [-0.2, 0) is 17.6 Å². The molecule has 2 aromatic heterocycles. The highest BCUT2D eigenvalue weighted by Gasteiger charge is 2.23. The van der Waals surface area contributed by atoms with E-state index >= 15 is 0 Å². The van der Waals surface area contributed by atoms with Crippen LogP contribution in [0.25, 0.3) is 27.7 Å². The Hall–Kier alpha value is -4.37. The number of aromatic amines is 1. The Morgan fingerprint density at radius 2 is 1.82 bits per heavy atom. The van der Waals surface area contributed by atoms with Gasteiger partial charge in [-0.15, -0.1) is 0 Å². The second kappa shape index (κ2) is 11.4. The van der Waals surface area contributed by atoms with Gasteiger partial charge >= 0.3 is 0 Å². The van der Waals surface area contributed by atoms with Crippen molar-refractivity contribution in [1.82, 2.24) is 15.3 Å². The van der Waals surface area contributed by atoms with E-state index in [9.17, 15) is 18.0 Å². The topological polar surface area (TPSA) is 83.8 Å². The third kappa shape index (κ3) is 5.94. The van der Waals surface area contributed by atoms with Gasteiger partial charge in [0.25, 0.3) is 0 Å². The fourth-order valence-electron chi connectivity index (χ4n) is 4.77. The molecule has 5 aromatic rings. The quantitative estimate of drug-likeness (QED) is 0.179. The summed E-state index contributed by atoms with van der Waals surface area (Å²) in [7, 11) is 0. The SMILES string of the molecule is C=C(N)c1cc(-c2cccnc2[C@H](Cc2cc(F)cc(F)c2)NC(=O)Cc2c[nH]c3ccc(Br)cc23)ccc1F. The standard InChI is InChI=1S/C31H24BrF3N4O/c1-17(36)25-12-19(4-6-27(25)35)24-3-2-8-37-31(24)29(11-18-9-22(33)15-23(34)10-18)39-30(40)13-20-16-38-28-7-5-21(32)14-26(20)28/h2-10,12,14-16,29,38H,1,11,13,36H2,(H,39,40)/t29-/m0/s1. The average molecular weight is 605 g/mol. The maximum Gasteiger partial charge on any atom is 0.225 e. The molecule has 2 heterocycles. The molecule has 1 atom stereocenters. The first-order valence-electron chi connectivity index (χ1n) is 12.4. The van der Waals surface area contributed by atoms with E-state index in [-0.39, 0.29) is 30.0 Å². The van der Waals surface area contributed by atoms with Crippen LogP contribution in [0, 0.1) is 17.5 Å². The number of nitrogens with one attached hydrogen (secondary N) is 2. The molecule has 5 nitrogen and oxygen atoms in total. The van der Waals surface area contributed by atoms with Crippen LogP contribution in [0.2, 0.25) is 0 Å². The molecular weight excluding hydrogens is 581 g/mol. The third-order valence-corrected chi connectivity index (χ3v) is 7.06. The van der Waals surface area contributed by atoms with Crippen molar-refractivity contribution in [3.8, 4) is 11.1 Å². The zero-order valence-corrected chi connectivity index (χ0v) is 22.7. The first kappa shape index (κ1) is 27.2. The fourth-order valence-corrected chi connectivity index (χ4v) is 5.14. The number of amides is 1.